The molecule has 6 nitrogen and oxygen atoms in total. The number of nitrogens with one attached hydrogen (secondary N) is 1. The van der Waals surface area contributed by atoms with E-state index < -0.39 is 0 Å². The van der Waals surface area contributed by atoms with Crippen LogP contribution in [0.1, 0.15) is 21.1 Å². The maximum Gasteiger partial charge on any atom is 0.275 e. The molecule has 2 heterocycles. The Kier molecular flexibility index (Phi) is 3.94. The minimum Gasteiger partial charge on any atom is -0.384 e. The molecule has 0 aliphatic rings. The molecule has 1 amide bonds. The van der Waals surface area contributed by atoms with Crippen molar-refractivity contribution < 1.29 is 9.90 Å². The molecule has 0 unspecified atom stereocenters. The molecular formula is C12H12N4O2S. The normalized spacial score (nSPS) is 9.84. The SMILES string of the molecule is Cc1cc(C(=O)Nc2ncc(C#CCO)s2)n(C)n1. The van der Waals surface area contributed by atoms with Crippen molar-refractivity contribution in [1.82, 2.24) is 14.8 Å². The zero-order valence-electron chi connectivity index (χ0n) is 10.5. The zero-order valence-corrected chi connectivity index (χ0v) is 11.3. The molecule has 19 heavy (non-hydrogen) atoms. The number of nitrogens with zero attached hydrogens (tertiary/aromatic N) is 3. The van der Waals surface area contributed by atoms with Gasteiger partial charge in [0.05, 0.1) is 16.8 Å². The van der Waals surface area contributed by atoms with Gasteiger partial charge in [0.25, 0.3) is 5.91 Å². The molecule has 0 aliphatic carbocycles. The number of aromatic nitrogens is 3. The highest BCUT2D eigenvalue weighted by Gasteiger charge is 2.13. The molecule has 0 radical (unpaired) electrons. The van der Waals surface area contributed by atoms with E-state index in [-0.39, 0.29) is 12.5 Å². The molecule has 7 heteroatoms. The molecule has 0 spiro atoms. The standard InChI is InChI=1S/C12H12N4O2S/c1-8-6-10(16(2)15-8)11(18)14-12-13-7-9(19-12)4-3-5-17/h6-7,17H,5H2,1-2H3,(H,13,14,18). The van der Waals surface area contributed by atoms with Crippen LogP contribution in [-0.2, 0) is 7.05 Å². The molecule has 2 aromatic heterocycles. The Morgan fingerprint density at radius 2 is 2.42 bits per heavy atom. The average molecular weight is 276 g/mol. The fraction of sp³-hybridized carbons (Fsp3) is 0.250. The van der Waals surface area contributed by atoms with Gasteiger partial charge < -0.3 is 5.11 Å². The summed E-state index contributed by atoms with van der Waals surface area (Å²) in [6, 6.07) is 1.70. The van der Waals surface area contributed by atoms with Gasteiger partial charge in [-0.25, -0.2) is 4.98 Å². The Labute approximate surface area is 114 Å². The lowest BCUT2D eigenvalue weighted by atomic mass is 10.3. The largest absolute Gasteiger partial charge is 0.384 e. The van der Waals surface area contributed by atoms with Crippen molar-refractivity contribution in [3.8, 4) is 11.8 Å². The van der Waals surface area contributed by atoms with E-state index in [4.69, 9.17) is 5.11 Å². The summed E-state index contributed by atoms with van der Waals surface area (Å²) >= 11 is 1.25. The van der Waals surface area contributed by atoms with Crippen molar-refractivity contribution in [3.05, 3.63) is 28.5 Å². The van der Waals surface area contributed by atoms with Gasteiger partial charge >= 0.3 is 0 Å². The van der Waals surface area contributed by atoms with Crippen molar-refractivity contribution in [2.24, 2.45) is 7.05 Å². The molecule has 0 aromatic carbocycles. The first-order valence-electron chi connectivity index (χ1n) is 5.47. The Bertz CT molecular complexity index is 663. The highest BCUT2D eigenvalue weighted by atomic mass is 32.1. The van der Waals surface area contributed by atoms with Crippen LogP contribution in [0.25, 0.3) is 0 Å². The second kappa shape index (κ2) is 5.65. The Balaban J connectivity index is 2.11. The molecule has 0 fully saturated rings. The molecule has 2 N–H and O–H groups in total. The maximum absolute atomic E-state index is 12.0. The third-order valence-electron chi connectivity index (χ3n) is 2.25. The number of carbonyl (C=O) groups excluding carboxylic acids is 1. The van der Waals surface area contributed by atoms with Crippen LogP contribution in [0.4, 0.5) is 5.13 Å². The number of hydrogen-bond acceptors (Lipinski definition) is 5. The number of hydrogen-bond donors (Lipinski definition) is 2. The first-order valence-corrected chi connectivity index (χ1v) is 6.29. The molecule has 98 valence electrons. The van der Waals surface area contributed by atoms with Crippen LogP contribution >= 0.6 is 11.3 Å². The quantitative estimate of drug-likeness (QED) is 0.794. The number of thiazole rings is 1. The third kappa shape index (κ3) is 3.19. The average Bonchev–Trinajstić information content (AvgIpc) is 2.93. The second-order valence-corrected chi connectivity index (χ2v) is 4.77. The predicted molar refractivity (Wildman–Crippen MR) is 72.0 cm³/mol. The van der Waals surface area contributed by atoms with E-state index in [1.807, 2.05) is 6.92 Å². The Morgan fingerprint density at radius 3 is 3.05 bits per heavy atom. The highest BCUT2D eigenvalue weighted by Crippen LogP contribution is 2.17. The molecule has 2 rings (SSSR count). The fourth-order valence-electron chi connectivity index (χ4n) is 1.50. The van der Waals surface area contributed by atoms with Crippen LogP contribution in [-0.4, -0.2) is 32.4 Å². The summed E-state index contributed by atoms with van der Waals surface area (Å²) in [5, 5.41) is 15.9. The molecule has 0 aliphatic heterocycles. The molecule has 0 saturated carbocycles. The van der Waals surface area contributed by atoms with Gasteiger partial charge in [0.15, 0.2) is 5.13 Å². The lowest BCUT2D eigenvalue weighted by Crippen LogP contribution is -2.15. The number of aryl methyl sites for hydroxylation is 2. The summed E-state index contributed by atoms with van der Waals surface area (Å²) in [5.74, 6) is 4.99. The molecule has 0 bridgehead atoms. The monoisotopic (exact) mass is 276 g/mol. The van der Waals surface area contributed by atoms with Gasteiger partial charge in [0, 0.05) is 7.05 Å². The van der Waals surface area contributed by atoms with Gasteiger partial charge in [0.1, 0.15) is 12.3 Å². The van der Waals surface area contributed by atoms with E-state index in [1.54, 1.807) is 19.3 Å². The zero-order chi connectivity index (χ0) is 13.8. The fourth-order valence-corrected chi connectivity index (χ4v) is 2.19. The number of aliphatic hydroxyl groups excluding tert-OH is 1. The summed E-state index contributed by atoms with van der Waals surface area (Å²) in [4.78, 5) is 16.7. The van der Waals surface area contributed by atoms with E-state index in [1.165, 1.54) is 16.0 Å². The van der Waals surface area contributed by atoms with E-state index in [2.05, 4.69) is 27.2 Å². The Morgan fingerprint density at radius 1 is 1.63 bits per heavy atom. The lowest BCUT2D eigenvalue weighted by molar-refractivity contribution is 0.101. The first-order chi connectivity index (χ1) is 9.10. The minimum absolute atomic E-state index is 0.201. The number of amides is 1. The number of rotatable bonds is 2. The van der Waals surface area contributed by atoms with Crippen molar-refractivity contribution in [3.63, 3.8) is 0 Å². The van der Waals surface area contributed by atoms with Gasteiger partial charge in [-0.15, -0.1) is 0 Å². The van der Waals surface area contributed by atoms with Gasteiger partial charge in [-0.3, -0.25) is 14.8 Å². The van der Waals surface area contributed by atoms with E-state index >= 15 is 0 Å². The van der Waals surface area contributed by atoms with Crippen molar-refractivity contribution in [1.29, 1.82) is 0 Å². The molecule has 0 saturated heterocycles. The summed E-state index contributed by atoms with van der Waals surface area (Å²) in [7, 11) is 1.71. The van der Waals surface area contributed by atoms with Crippen molar-refractivity contribution in [2.75, 3.05) is 11.9 Å². The smallest absolute Gasteiger partial charge is 0.275 e. The first kappa shape index (κ1) is 13.3. The van der Waals surface area contributed by atoms with Crippen LogP contribution < -0.4 is 5.32 Å². The summed E-state index contributed by atoms with van der Waals surface area (Å²) < 4.78 is 1.52. The minimum atomic E-state index is -0.265. The number of anilines is 1. The van der Waals surface area contributed by atoms with Gasteiger partial charge in [-0.1, -0.05) is 23.2 Å². The maximum atomic E-state index is 12.0. The number of carbonyl (C=O) groups is 1. The lowest BCUT2D eigenvalue weighted by Gasteiger charge is -2.00. The van der Waals surface area contributed by atoms with Crippen LogP contribution in [0.15, 0.2) is 12.3 Å². The number of aliphatic hydroxyl groups is 1. The highest BCUT2D eigenvalue weighted by molar-refractivity contribution is 7.16. The topological polar surface area (TPSA) is 80.0 Å². The van der Waals surface area contributed by atoms with E-state index in [0.29, 0.717) is 15.7 Å². The predicted octanol–water partition coefficient (Wildman–Crippen LogP) is 0.781. The van der Waals surface area contributed by atoms with Crippen LogP contribution in [0.3, 0.4) is 0 Å². The Hall–Kier alpha value is -2.17. The van der Waals surface area contributed by atoms with E-state index in [9.17, 15) is 4.79 Å². The molecular weight excluding hydrogens is 264 g/mol. The van der Waals surface area contributed by atoms with Crippen LogP contribution in [0.5, 0.6) is 0 Å². The second-order valence-electron chi connectivity index (χ2n) is 3.74. The van der Waals surface area contributed by atoms with Crippen LogP contribution in [0, 0.1) is 18.8 Å². The molecule has 0 atom stereocenters. The summed E-state index contributed by atoms with van der Waals surface area (Å²) in [6.45, 7) is 1.62. The van der Waals surface area contributed by atoms with E-state index in [0.717, 1.165) is 5.69 Å². The van der Waals surface area contributed by atoms with Gasteiger partial charge in [-0.2, -0.15) is 5.10 Å². The summed E-state index contributed by atoms with van der Waals surface area (Å²) in [5.41, 5.74) is 1.25. The van der Waals surface area contributed by atoms with Crippen molar-refractivity contribution >= 4 is 22.4 Å². The summed E-state index contributed by atoms with van der Waals surface area (Å²) in [6.07, 6.45) is 1.55. The van der Waals surface area contributed by atoms with Crippen molar-refractivity contribution in [2.45, 2.75) is 6.92 Å². The third-order valence-corrected chi connectivity index (χ3v) is 3.08. The molecule has 2 aromatic rings. The van der Waals surface area contributed by atoms with Gasteiger partial charge in [0.2, 0.25) is 0 Å². The van der Waals surface area contributed by atoms with Crippen LogP contribution in [0.2, 0.25) is 0 Å². The van der Waals surface area contributed by atoms with Gasteiger partial charge in [-0.05, 0) is 13.0 Å².